The maximum absolute atomic E-state index is 12.3. The number of benzene rings is 1. The van der Waals surface area contributed by atoms with Crippen LogP contribution in [0.4, 0.5) is 8.78 Å². The zero-order chi connectivity index (χ0) is 8.97. The van der Waals surface area contributed by atoms with E-state index in [9.17, 15) is 13.6 Å². The average Bonchev–Trinajstić information content (AvgIpc) is 2.06. The van der Waals surface area contributed by atoms with E-state index in [1.54, 1.807) is 30.3 Å². The Morgan fingerprint density at radius 3 is 2.25 bits per heavy atom. The summed E-state index contributed by atoms with van der Waals surface area (Å²) in [5.74, 6) is -1.37. The second-order valence-electron chi connectivity index (χ2n) is 2.18. The zero-order valence-electron chi connectivity index (χ0n) is 6.13. The number of carbonyl (C=O) groups excluding carboxylic acids is 1. The molecule has 12 heavy (non-hydrogen) atoms. The van der Waals surface area contributed by atoms with Gasteiger partial charge in [0.25, 0.3) is 0 Å². The first-order valence-electron chi connectivity index (χ1n) is 3.32. The van der Waals surface area contributed by atoms with E-state index in [1.807, 2.05) is 0 Å². The number of rotatable bonds is 2. The smallest absolute Gasteiger partial charge is 0.253 e. The molecule has 1 nitrogen and oxygen atoms in total. The fourth-order valence-electron chi connectivity index (χ4n) is 0.752. The van der Waals surface area contributed by atoms with Crippen LogP contribution in [0.1, 0.15) is 5.56 Å². The van der Waals surface area contributed by atoms with Crippen LogP contribution in [0.2, 0.25) is 0 Å². The largest absolute Gasteiger partial charge is 0.360 e. The Morgan fingerprint density at radius 1 is 1.17 bits per heavy atom. The standard InChI is InChI=1S/C9H6F2O/c10-8(9(11)12)6-7-4-2-1-3-5-7/h1-6H/b8-6-. The van der Waals surface area contributed by atoms with Crippen molar-refractivity contribution in [1.29, 1.82) is 0 Å². The monoisotopic (exact) mass is 168 g/mol. The Kier molecular flexibility index (Phi) is 2.69. The van der Waals surface area contributed by atoms with E-state index in [0.29, 0.717) is 5.56 Å². The minimum atomic E-state index is -2.04. The van der Waals surface area contributed by atoms with Crippen molar-refractivity contribution in [2.75, 3.05) is 0 Å². The molecule has 0 fully saturated rings. The van der Waals surface area contributed by atoms with Crippen LogP contribution in [0.5, 0.6) is 0 Å². The molecule has 0 aliphatic heterocycles. The van der Waals surface area contributed by atoms with Gasteiger partial charge in [-0.1, -0.05) is 30.3 Å². The van der Waals surface area contributed by atoms with Gasteiger partial charge < -0.3 is 0 Å². The number of carbonyl (C=O) groups is 1. The van der Waals surface area contributed by atoms with Crippen molar-refractivity contribution in [2.24, 2.45) is 0 Å². The predicted molar refractivity (Wildman–Crippen MR) is 41.6 cm³/mol. The molecular weight excluding hydrogens is 162 g/mol. The van der Waals surface area contributed by atoms with Crippen LogP contribution < -0.4 is 0 Å². The van der Waals surface area contributed by atoms with E-state index >= 15 is 0 Å². The summed E-state index contributed by atoms with van der Waals surface area (Å²) in [5.41, 5.74) is 0.459. The van der Waals surface area contributed by atoms with Gasteiger partial charge in [0.2, 0.25) is 5.83 Å². The quantitative estimate of drug-likeness (QED) is 0.489. The lowest BCUT2D eigenvalue weighted by atomic mass is 10.2. The molecule has 0 aromatic heterocycles. The van der Waals surface area contributed by atoms with Gasteiger partial charge in [-0.05, 0) is 11.6 Å². The zero-order valence-corrected chi connectivity index (χ0v) is 6.13. The molecule has 0 unspecified atom stereocenters. The highest BCUT2D eigenvalue weighted by molar-refractivity contribution is 5.90. The minimum Gasteiger partial charge on any atom is -0.253 e. The Bertz CT molecular complexity index is 304. The second kappa shape index (κ2) is 3.76. The molecule has 1 rings (SSSR count). The molecule has 0 amide bonds. The van der Waals surface area contributed by atoms with Crippen LogP contribution in [0.3, 0.4) is 0 Å². The van der Waals surface area contributed by atoms with E-state index < -0.39 is 11.9 Å². The van der Waals surface area contributed by atoms with Crippen LogP contribution in [-0.4, -0.2) is 6.04 Å². The first-order valence-corrected chi connectivity index (χ1v) is 3.32. The van der Waals surface area contributed by atoms with E-state index in [-0.39, 0.29) is 0 Å². The van der Waals surface area contributed by atoms with E-state index in [0.717, 1.165) is 6.08 Å². The van der Waals surface area contributed by atoms with Crippen molar-refractivity contribution in [3.05, 3.63) is 41.7 Å². The lowest BCUT2D eigenvalue weighted by Gasteiger charge is -1.90. The van der Waals surface area contributed by atoms with E-state index in [2.05, 4.69) is 0 Å². The summed E-state index contributed by atoms with van der Waals surface area (Å²) in [6.07, 6.45) is 0.850. The van der Waals surface area contributed by atoms with Gasteiger partial charge in [-0.25, -0.2) is 0 Å². The van der Waals surface area contributed by atoms with E-state index in [4.69, 9.17) is 0 Å². The molecular formula is C9H6F2O. The highest BCUT2D eigenvalue weighted by Gasteiger charge is 2.04. The van der Waals surface area contributed by atoms with Gasteiger partial charge in [0, 0.05) is 0 Å². The normalized spacial score (nSPS) is 11.3. The Hall–Kier alpha value is -1.51. The summed E-state index contributed by atoms with van der Waals surface area (Å²) in [5, 5.41) is 0. The second-order valence-corrected chi connectivity index (χ2v) is 2.18. The molecule has 0 spiro atoms. The maximum Gasteiger partial charge on any atom is 0.360 e. The summed E-state index contributed by atoms with van der Waals surface area (Å²) in [4.78, 5) is 9.84. The topological polar surface area (TPSA) is 17.1 Å². The summed E-state index contributed by atoms with van der Waals surface area (Å²) in [6, 6.07) is 6.18. The first kappa shape index (κ1) is 8.59. The van der Waals surface area contributed by atoms with Crippen molar-refractivity contribution < 1.29 is 13.6 Å². The molecule has 0 bridgehead atoms. The number of halogens is 2. The third-order valence-electron chi connectivity index (χ3n) is 1.28. The predicted octanol–water partition coefficient (Wildman–Crippen LogP) is 2.49. The molecule has 0 heterocycles. The lowest BCUT2D eigenvalue weighted by Crippen LogP contribution is -1.86. The third kappa shape index (κ3) is 2.27. The van der Waals surface area contributed by atoms with Crippen LogP contribution in [-0.2, 0) is 4.79 Å². The molecule has 0 saturated heterocycles. The molecule has 0 atom stereocenters. The van der Waals surface area contributed by atoms with Crippen molar-refractivity contribution in [1.82, 2.24) is 0 Å². The summed E-state index contributed by atoms with van der Waals surface area (Å²) >= 11 is 0. The van der Waals surface area contributed by atoms with E-state index in [1.165, 1.54) is 0 Å². The number of hydrogen-bond acceptors (Lipinski definition) is 1. The third-order valence-corrected chi connectivity index (χ3v) is 1.28. The molecule has 1 aromatic carbocycles. The SMILES string of the molecule is O=C(F)/C(F)=C/c1ccccc1. The van der Waals surface area contributed by atoms with Crippen molar-refractivity contribution in [2.45, 2.75) is 0 Å². The van der Waals surface area contributed by atoms with Gasteiger partial charge in [0.05, 0.1) is 0 Å². The molecule has 62 valence electrons. The highest BCUT2D eigenvalue weighted by Crippen LogP contribution is 2.08. The Labute approximate surface area is 68.3 Å². The molecule has 0 aliphatic rings. The Balaban J connectivity index is 2.89. The fourth-order valence-corrected chi connectivity index (χ4v) is 0.752. The van der Waals surface area contributed by atoms with Crippen LogP contribution >= 0.6 is 0 Å². The van der Waals surface area contributed by atoms with Gasteiger partial charge in [0.15, 0.2) is 0 Å². The van der Waals surface area contributed by atoms with Gasteiger partial charge in [-0.15, -0.1) is 0 Å². The van der Waals surface area contributed by atoms with Crippen molar-refractivity contribution >= 4 is 12.1 Å². The van der Waals surface area contributed by atoms with Crippen LogP contribution in [0.15, 0.2) is 36.2 Å². The minimum absolute atomic E-state index is 0.459. The van der Waals surface area contributed by atoms with Crippen LogP contribution in [0, 0.1) is 0 Å². The maximum atomic E-state index is 12.3. The van der Waals surface area contributed by atoms with Gasteiger partial charge in [-0.2, -0.15) is 8.78 Å². The molecule has 0 aliphatic carbocycles. The molecule has 3 heteroatoms. The van der Waals surface area contributed by atoms with Gasteiger partial charge >= 0.3 is 6.04 Å². The molecule has 0 N–H and O–H groups in total. The first-order chi connectivity index (χ1) is 5.70. The Morgan fingerprint density at radius 2 is 1.75 bits per heavy atom. The summed E-state index contributed by atoms with van der Waals surface area (Å²) in [7, 11) is 0. The van der Waals surface area contributed by atoms with Crippen molar-refractivity contribution in [3.63, 3.8) is 0 Å². The summed E-state index contributed by atoms with van der Waals surface area (Å²) in [6.45, 7) is 0. The average molecular weight is 168 g/mol. The van der Waals surface area contributed by atoms with Gasteiger partial charge in [-0.3, -0.25) is 4.79 Å². The summed E-state index contributed by atoms with van der Waals surface area (Å²) < 4.78 is 24.0. The molecule has 0 saturated carbocycles. The van der Waals surface area contributed by atoms with Crippen LogP contribution in [0.25, 0.3) is 6.08 Å². The number of allylic oxidation sites excluding steroid dienone is 1. The van der Waals surface area contributed by atoms with Gasteiger partial charge in [0.1, 0.15) is 0 Å². The molecule has 1 aromatic rings. The number of hydrogen-bond donors (Lipinski definition) is 0. The highest BCUT2D eigenvalue weighted by atomic mass is 19.2. The molecule has 0 radical (unpaired) electrons. The fraction of sp³-hybridized carbons (Fsp3) is 0. The lowest BCUT2D eigenvalue weighted by molar-refractivity contribution is -0.126. The van der Waals surface area contributed by atoms with Crippen molar-refractivity contribution in [3.8, 4) is 0 Å².